The zero-order chi connectivity index (χ0) is 32.8. The fourth-order valence-electron chi connectivity index (χ4n) is 5.73. The Morgan fingerprint density at radius 3 is 2.52 bits per heavy atom. The molecule has 13 nitrogen and oxygen atoms in total. The zero-order valence-electron chi connectivity index (χ0n) is 23.9. The quantitative estimate of drug-likeness (QED) is 0.284. The molecule has 4 heterocycles. The number of alkyl halides is 3. The van der Waals surface area contributed by atoms with Crippen molar-refractivity contribution >= 4 is 52.6 Å². The second-order valence-corrected chi connectivity index (χ2v) is 11.8. The number of amides is 3. The summed E-state index contributed by atoms with van der Waals surface area (Å²) in [5.41, 5.74) is -0.740. The number of benzene rings is 2. The highest BCUT2D eigenvalue weighted by Crippen LogP contribution is 2.43. The molecule has 2 aromatic heterocycles. The Hall–Kier alpha value is -4.70. The van der Waals surface area contributed by atoms with Gasteiger partial charge in [-0.05, 0) is 49.2 Å². The minimum Gasteiger partial charge on any atom is -0.406 e. The predicted molar refractivity (Wildman–Crippen MR) is 157 cm³/mol. The molecule has 1 saturated heterocycles. The number of aromatic nitrogens is 6. The number of tetrazole rings is 1. The van der Waals surface area contributed by atoms with Crippen LogP contribution in [0.5, 0.6) is 5.75 Å². The first-order valence-corrected chi connectivity index (χ1v) is 14.6. The van der Waals surface area contributed by atoms with Gasteiger partial charge in [-0.2, -0.15) is 5.21 Å². The largest absolute Gasteiger partial charge is 0.573 e. The second kappa shape index (κ2) is 11.9. The van der Waals surface area contributed by atoms with Crippen molar-refractivity contribution in [1.82, 2.24) is 40.4 Å². The Morgan fingerprint density at radius 2 is 1.87 bits per heavy atom. The number of nitrogens with one attached hydrogen (secondary N) is 2. The van der Waals surface area contributed by atoms with Crippen LogP contribution in [0, 0.1) is 0 Å². The zero-order valence-corrected chi connectivity index (χ0v) is 25.4. The predicted octanol–water partition coefficient (Wildman–Crippen LogP) is 3.98. The second-order valence-electron chi connectivity index (χ2n) is 11.0. The number of hydrogen-bond donors (Lipinski definition) is 2. The fraction of sp³-hybridized carbons (Fsp3) is 0.321. The van der Waals surface area contributed by atoms with Gasteiger partial charge < -0.3 is 15.0 Å². The SMILES string of the molecule is C[C@@]1(Cc2ccc(OC(F)(F)F)cc2)C(=O)N(c2cc(Cl)cc(Cl)c2)c2ncc(C(=O)NCC(=O)N3CC[C@@H](c4nn[nH]n4)C3)n21. The number of anilines is 2. The number of ether oxygens (including phenoxy) is 1. The average Bonchev–Trinajstić information content (AvgIpc) is 3.78. The molecule has 0 saturated carbocycles. The maximum Gasteiger partial charge on any atom is 0.573 e. The van der Waals surface area contributed by atoms with Crippen molar-refractivity contribution in [1.29, 1.82) is 0 Å². The summed E-state index contributed by atoms with van der Waals surface area (Å²) in [5.74, 6) is -1.41. The van der Waals surface area contributed by atoms with Gasteiger partial charge in [0, 0.05) is 35.5 Å². The highest BCUT2D eigenvalue weighted by Gasteiger charge is 2.51. The first-order valence-electron chi connectivity index (χ1n) is 13.9. The van der Waals surface area contributed by atoms with Gasteiger partial charge in [0.05, 0.1) is 18.4 Å². The summed E-state index contributed by atoms with van der Waals surface area (Å²) in [6, 6.07) is 9.57. The molecule has 240 valence electrons. The highest BCUT2D eigenvalue weighted by molar-refractivity contribution is 6.35. The van der Waals surface area contributed by atoms with E-state index in [1.54, 1.807) is 11.8 Å². The Bertz CT molecular complexity index is 1780. The van der Waals surface area contributed by atoms with Gasteiger partial charge in [0.15, 0.2) is 5.82 Å². The third-order valence-corrected chi connectivity index (χ3v) is 8.25. The number of imidazole rings is 1. The molecule has 2 aliphatic rings. The number of fused-ring (bicyclic) bond motifs is 1. The van der Waals surface area contributed by atoms with Crippen molar-refractivity contribution in [2.45, 2.75) is 37.6 Å². The molecule has 18 heteroatoms. The lowest BCUT2D eigenvalue weighted by Crippen LogP contribution is -2.44. The number of nitrogens with zero attached hydrogens (tertiary/aromatic N) is 7. The van der Waals surface area contributed by atoms with E-state index in [0.29, 0.717) is 36.6 Å². The van der Waals surface area contributed by atoms with Gasteiger partial charge in [0.2, 0.25) is 11.9 Å². The number of rotatable bonds is 8. The molecule has 4 aromatic rings. The van der Waals surface area contributed by atoms with Gasteiger partial charge in [0.1, 0.15) is 17.0 Å². The number of halogens is 5. The molecule has 2 N–H and O–H groups in total. The van der Waals surface area contributed by atoms with Crippen LogP contribution < -0.4 is 15.0 Å². The van der Waals surface area contributed by atoms with Crippen LogP contribution in [-0.4, -0.2) is 78.8 Å². The van der Waals surface area contributed by atoms with E-state index in [2.05, 4.69) is 35.7 Å². The Balaban J connectivity index is 1.27. The molecule has 2 aromatic carbocycles. The molecule has 0 radical (unpaired) electrons. The summed E-state index contributed by atoms with van der Waals surface area (Å²) in [5, 5.41) is 17.0. The maximum absolute atomic E-state index is 14.2. The number of likely N-dealkylation sites (tertiary alicyclic amines) is 1. The maximum atomic E-state index is 14.2. The van der Waals surface area contributed by atoms with E-state index in [4.69, 9.17) is 23.2 Å². The van der Waals surface area contributed by atoms with Gasteiger partial charge in [-0.25, -0.2) is 9.88 Å². The molecule has 0 unspecified atom stereocenters. The third kappa shape index (κ3) is 6.09. The number of H-pyrrole nitrogens is 1. The number of hydrogen-bond acceptors (Lipinski definition) is 8. The van der Waals surface area contributed by atoms with E-state index in [9.17, 15) is 27.6 Å². The summed E-state index contributed by atoms with van der Waals surface area (Å²) in [4.78, 5) is 47.9. The summed E-state index contributed by atoms with van der Waals surface area (Å²) in [6.07, 6.45) is -2.99. The van der Waals surface area contributed by atoms with E-state index < -0.39 is 29.5 Å². The summed E-state index contributed by atoms with van der Waals surface area (Å²) >= 11 is 12.5. The van der Waals surface area contributed by atoms with Crippen LogP contribution in [0.15, 0.2) is 48.7 Å². The minimum atomic E-state index is -4.87. The highest BCUT2D eigenvalue weighted by atomic mass is 35.5. The topological polar surface area (TPSA) is 151 Å². The molecule has 3 amide bonds. The molecular formula is C28H24Cl2F3N9O4. The van der Waals surface area contributed by atoms with Crippen LogP contribution in [0.4, 0.5) is 24.8 Å². The Labute approximate surface area is 268 Å². The monoisotopic (exact) mass is 677 g/mol. The molecule has 0 spiro atoms. The fourth-order valence-corrected chi connectivity index (χ4v) is 6.25. The van der Waals surface area contributed by atoms with E-state index in [0.717, 1.165) is 12.1 Å². The molecule has 1 fully saturated rings. The van der Waals surface area contributed by atoms with Crippen molar-refractivity contribution in [3.05, 3.63) is 75.8 Å². The van der Waals surface area contributed by atoms with Crippen molar-refractivity contribution < 1.29 is 32.3 Å². The lowest BCUT2D eigenvalue weighted by molar-refractivity contribution is -0.274. The van der Waals surface area contributed by atoms with Crippen molar-refractivity contribution in [3.63, 3.8) is 0 Å². The van der Waals surface area contributed by atoms with E-state index >= 15 is 0 Å². The minimum absolute atomic E-state index is 0.0163. The smallest absolute Gasteiger partial charge is 0.406 e. The van der Waals surface area contributed by atoms with Gasteiger partial charge in [-0.3, -0.25) is 19.0 Å². The first kappa shape index (κ1) is 31.3. The van der Waals surface area contributed by atoms with Crippen molar-refractivity contribution in [3.8, 4) is 5.75 Å². The molecule has 2 atom stereocenters. The number of carbonyl (C=O) groups excluding carboxylic acids is 3. The number of aromatic amines is 1. The van der Waals surface area contributed by atoms with E-state index in [1.165, 1.54) is 46.0 Å². The molecular weight excluding hydrogens is 654 g/mol. The molecule has 6 rings (SSSR count). The van der Waals surface area contributed by atoms with E-state index in [1.807, 2.05) is 0 Å². The Kier molecular flexibility index (Phi) is 8.10. The van der Waals surface area contributed by atoms with Crippen molar-refractivity contribution in [2.75, 3.05) is 24.5 Å². The van der Waals surface area contributed by atoms with Crippen LogP contribution in [0.3, 0.4) is 0 Å². The van der Waals surface area contributed by atoms with Crippen LogP contribution in [0.2, 0.25) is 10.0 Å². The van der Waals surface area contributed by atoms with E-state index in [-0.39, 0.29) is 46.5 Å². The lowest BCUT2D eigenvalue weighted by Gasteiger charge is -2.26. The summed E-state index contributed by atoms with van der Waals surface area (Å²) in [7, 11) is 0. The standard InChI is InChI=1S/C28H24Cl2F3N9O4/c1-27(11-15-2-4-20(5-3-15)46-28(31,32)33)25(45)41(19-9-17(29)8-18(30)10-19)26-35-12-21(42(26)27)24(44)34-13-22(43)40-7-6-16(14-40)23-36-38-39-37-23/h2-5,8-10,12,16H,6-7,11,13-14H2,1H3,(H,34,44)(H,36,37,38,39)/t16-,27-/m1/s1. The molecule has 0 aliphatic carbocycles. The van der Waals surface area contributed by atoms with Crippen molar-refractivity contribution in [2.24, 2.45) is 0 Å². The third-order valence-electron chi connectivity index (χ3n) is 7.81. The van der Waals surface area contributed by atoms with Crippen LogP contribution in [0.25, 0.3) is 0 Å². The Morgan fingerprint density at radius 1 is 1.15 bits per heavy atom. The number of carbonyl (C=O) groups is 3. The van der Waals surface area contributed by atoms with Gasteiger partial charge in [-0.15, -0.1) is 23.4 Å². The molecule has 46 heavy (non-hydrogen) atoms. The van der Waals surface area contributed by atoms with Gasteiger partial charge >= 0.3 is 6.36 Å². The summed E-state index contributed by atoms with van der Waals surface area (Å²) in [6.45, 7) is 2.08. The van der Waals surface area contributed by atoms with Crippen LogP contribution >= 0.6 is 23.2 Å². The summed E-state index contributed by atoms with van der Waals surface area (Å²) < 4.78 is 43.5. The van der Waals surface area contributed by atoms with Gasteiger partial charge in [-0.1, -0.05) is 40.5 Å². The molecule has 2 aliphatic heterocycles. The normalized spacial score (nSPS) is 19.4. The van der Waals surface area contributed by atoms with Crippen LogP contribution in [0.1, 0.15) is 41.1 Å². The molecule has 0 bridgehead atoms. The average molecular weight is 678 g/mol. The van der Waals surface area contributed by atoms with Crippen LogP contribution in [-0.2, 0) is 21.5 Å². The first-order chi connectivity index (χ1) is 21.8. The van der Waals surface area contributed by atoms with Gasteiger partial charge in [0.25, 0.3) is 11.8 Å². The lowest BCUT2D eigenvalue weighted by atomic mass is 9.91.